The number of carboxylic acid groups (broad SMARTS) is 1. The molecule has 1 heterocycles. The summed E-state index contributed by atoms with van der Waals surface area (Å²) in [5, 5.41) is 8.64. The molecular weight excluding hydrogens is 489 g/mol. The Bertz CT molecular complexity index is 770. The summed E-state index contributed by atoms with van der Waals surface area (Å²) in [5.41, 5.74) is 0.280. The summed E-state index contributed by atoms with van der Waals surface area (Å²) in [6, 6.07) is 6.23. The van der Waals surface area contributed by atoms with E-state index in [1.807, 2.05) is 27.7 Å². The third kappa shape index (κ3) is 8.96. The fourth-order valence-electron chi connectivity index (χ4n) is 2.38. The quantitative estimate of drug-likeness (QED) is 0.378. The second-order valence-corrected chi connectivity index (χ2v) is 7.15. The molecule has 4 nitrogen and oxygen atoms in total. The Balaban J connectivity index is 0.000000639. The molecule has 0 aliphatic rings. The molecule has 0 saturated carbocycles. The minimum Gasteiger partial charge on any atom is -0.481 e. The highest BCUT2D eigenvalue weighted by Crippen LogP contribution is 2.43. The number of nitrogens with zero attached hydrogens (tertiary/aromatic N) is 1. The highest BCUT2D eigenvalue weighted by atomic mass is 79.9. The monoisotopic (exact) mass is 515 g/mol. The molecule has 10 heteroatoms. The van der Waals surface area contributed by atoms with Crippen molar-refractivity contribution in [2.24, 2.45) is 5.92 Å². The molecule has 0 saturated heterocycles. The third-order valence-corrected chi connectivity index (χ3v) is 4.42. The van der Waals surface area contributed by atoms with Gasteiger partial charge in [-0.2, -0.15) is 22.0 Å². The lowest BCUT2D eigenvalue weighted by Crippen LogP contribution is -2.33. The molecule has 0 bridgehead atoms. The van der Waals surface area contributed by atoms with Crippen LogP contribution in [0.4, 0.5) is 22.0 Å². The van der Waals surface area contributed by atoms with Gasteiger partial charge in [-0.3, -0.25) is 4.79 Å². The van der Waals surface area contributed by atoms with Gasteiger partial charge < -0.3 is 9.52 Å². The van der Waals surface area contributed by atoms with E-state index in [4.69, 9.17) is 5.11 Å². The van der Waals surface area contributed by atoms with Crippen LogP contribution in [0.5, 0.6) is 0 Å². The number of hydrogen-bond donors (Lipinski definition) is 1. The maximum atomic E-state index is 13.0. The van der Waals surface area contributed by atoms with Gasteiger partial charge in [-0.15, -0.1) is 0 Å². The van der Waals surface area contributed by atoms with Gasteiger partial charge in [-0.1, -0.05) is 68.6 Å². The summed E-state index contributed by atoms with van der Waals surface area (Å²) in [7, 11) is 0. The van der Waals surface area contributed by atoms with E-state index in [9.17, 15) is 26.7 Å². The van der Waals surface area contributed by atoms with E-state index in [-0.39, 0.29) is 11.6 Å². The largest absolute Gasteiger partial charge is 0.481 e. The first-order valence-electron chi connectivity index (χ1n) is 9.83. The number of carbonyl (C=O) groups is 1. The molecule has 2 aromatic rings. The van der Waals surface area contributed by atoms with Gasteiger partial charge >= 0.3 is 18.1 Å². The number of hydrogen-bond acceptors (Lipinski definition) is 3. The highest BCUT2D eigenvalue weighted by Gasteiger charge is 2.62. The molecule has 31 heavy (non-hydrogen) atoms. The van der Waals surface area contributed by atoms with Crippen molar-refractivity contribution in [1.82, 2.24) is 4.98 Å². The number of aliphatic carboxylic acids is 1. The molecule has 0 unspecified atom stereocenters. The van der Waals surface area contributed by atoms with E-state index in [0.29, 0.717) is 5.56 Å². The number of rotatable bonds is 7. The number of halogens is 6. The first-order valence-corrected chi connectivity index (χ1v) is 10.6. The van der Waals surface area contributed by atoms with Crippen LogP contribution in [-0.2, 0) is 10.7 Å². The van der Waals surface area contributed by atoms with Crippen LogP contribution in [0.3, 0.4) is 0 Å². The number of alkyl halides is 5. The lowest BCUT2D eigenvalue weighted by atomic mass is 9.99. The molecule has 0 aliphatic carbocycles. The van der Waals surface area contributed by atoms with E-state index < -0.39 is 24.0 Å². The zero-order valence-corrected chi connectivity index (χ0v) is 19.4. The second-order valence-electron chi connectivity index (χ2n) is 6.23. The molecular formula is C21H27BrF5NO3. The van der Waals surface area contributed by atoms with E-state index in [0.717, 1.165) is 36.4 Å². The van der Waals surface area contributed by atoms with E-state index in [1.165, 1.54) is 12.1 Å². The van der Waals surface area contributed by atoms with Crippen molar-refractivity contribution in [3.05, 3.63) is 40.9 Å². The van der Waals surface area contributed by atoms with Crippen molar-refractivity contribution >= 4 is 21.9 Å². The smallest absolute Gasteiger partial charge is 0.463 e. The molecule has 0 amide bonds. The lowest BCUT2D eigenvalue weighted by molar-refractivity contribution is -0.297. The maximum Gasteiger partial charge on any atom is 0.463 e. The van der Waals surface area contributed by atoms with Gasteiger partial charge in [-0.05, 0) is 25.0 Å². The minimum atomic E-state index is -5.74. The number of oxazole rings is 1. The molecule has 1 N–H and O–H groups in total. The first kappa shape index (κ1) is 29.0. The van der Waals surface area contributed by atoms with Gasteiger partial charge in [0.2, 0.25) is 0 Å². The molecule has 0 fully saturated rings. The summed E-state index contributed by atoms with van der Waals surface area (Å²) in [5.74, 6) is -7.52. The Morgan fingerprint density at radius 3 is 1.94 bits per heavy atom. The molecule has 0 radical (unpaired) electrons. The Morgan fingerprint density at radius 1 is 1.06 bits per heavy atom. The Labute approximate surface area is 187 Å². The second kappa shape index (κ2) is 13.4. The molecule has 2 rings (SSSR count). The van der Waals surface area contributed by atoms with Crippen molar-refractivity contribution in [3.8, 4) is 11.3 Å². The average Bonchev–Trinajstić information content (AvgIpc) is 3.20. The molecule has 0 spiro atoms. The lowest BCUT2D eigenvalue weighted by Gasteiger charge is -2.15. The zero-order valence-electron chi connectivity index (χ0n) is 17.8. The van der Waals surface area contributed by atoms with Gasteiger partial charge in [0.1, 0.15) is 12.0 Å². The van der Waals surface area contributed by atoms with E-state index >= 15 is 0 Å². The molecule has 0 atom stereocenters. The van der Waals surface area contributed by atoms with Crippen LogP contribution in [0.15, 0.2) is 39.4 Å². The fourth-order valence-corrected chi connectivity index (χ4v) is 2.64. The van der Waals surface area contributed by atoms with Crippen LogP contribution < -0.4 is 0 Å². The van der Waals surface area contributed by atoms with Gasteiger partial charge in [0.15, 0.2) is 0 Å². The van der Waals surface area contributed by atoms with Crippen molar-refractivity contribution in [2.75, 3.05) is 0 Å². The fraction of sp³-hybridized carbons (Fsp3) is 0.524. The first-order chi connectivity index (χ1) is 14.4. The Kier molecular flexibility index (Phi) is 12.6. The van der Waals surface area contributed by atoms with Crippen LogP contribution in [0.25, 0.3) is 11.3 Å². The summed E-state index contributed by atoms with van der Waals surface area (Å²) in [6.45, 7) is 8.04. The van der Waals surface area contributed by atoms with Crippen LogP contribution in [0, 0.1) is 5.92 Å². The minimum absolute atomic E-state index is 0.0913. The zero-order chi connectivity index (χ0) is 24.2. The Hall–Kier alpha value is -1.97. The third-order valence-electron chi connectivity index (χ3n) is 3.89. The van der Waals surface area contributed by atoms with E-state index in [1.54, 1.807) is 12.1 Å². The van der Waals surface area contributed by atoms with E-state index in [2.05, 4.69) is 25.3 Å². The Morgan fingerprint density at radius 2 is 1.55 bits per heavy atom. The number of carboxylic acids is 1. The standard InChI is InChI=1S/C11H5BrF5NO.C8H16O2.C2H6/c12-7-3-1-6(2-4-7)8-5-19-9(18-8)10(13,14)11(15,16)17;1-3-5-7(6-4-2)8(9)10;1-2/h1-5H;7H,3-6H2,1-2H3,(H,9,10);1-2H3. The van der Waals surface area contributed by atoms with Crippen molar-refractivity contribution in [2.45, 2.75) is 65.5 Å². The summed E-state index contributed by atoms with van der Waals surface area (Å²) in [4.78, 5) is 13.7. The maximum absolute atomic E-state index is 13.0. The van der Waals surface area contributed by atoms with Crippen molar-refractivity contribution in [1.29, 1.82) is 0 Å². The van der Waals surface area contributed by atoms with Crippen LogP contribution >= 0.6 is 15.9 Å². The highest BCUT2D eigenvalue weighted by molar-refractivity contribution is 9.10. The molecule has 0 aliphatic heterocycles. The molecule has 1 aromatic carbocycles. The number of benzene rings is 1. The topological polar surface area (TPSA) is 63.3 Å². The van der Waals surface area contributed by atoms with Gasteiger partial charge in [0.25, 0.3) is 5.89 Å². The van der Waals surface area contributed by atoms with Crippen LogP contribution in [0.1, 0.15) is 59.3 Å². The van der Waals surface area contributed by atoms with Gasteiger partial charge in [0.05, 0.1) is 5.92 Å². The number of aromatic nitrogens is 1. The summed E-state index contributed by atoms with van der Waals surface area (Å²) >= 11 is 3.17. The molecule has 1 aromatic heterocycles. The van der Waals surface area contributed by atoms with Gasteiger partial charge in [-0.25, -0.2) is 4.98 Å². The SMILES string of the molecule is CC.CCCC(CCC)C(=O)O.FC(F)(F)C(F)(F)c1nc(-c2ccc(Br)cc2)co1. The van der Waals surface area contributed by atoms with Crippen LogP contribution in [-0.4, -0.2) is 22.2 Å². The van der Waals surface area contributed by atoms with Gasteiger partial charge in [0, 0.05) is 10.0 Å². The average molecular weight is 516 g/mol. The van der Waals surface area contributed by atoms with Crippen LogP contribution in [0.2, 0.25) is 0 Å². The summed E-state index contributed by atoms with van der Waals surface area (Å²) < 4.78 is 67.3. The van der Waals surface area contributed by atoms with Crippen molar-refractivity contribution in [3.63, 3.8) is 0 Å². The normalized spacial score (nSPS) is 11.3. The predicted octanol–water partition coefficient (Wildman–Crippen LogP) is 8.07. The predicted molar refractivity (Wildman–Crippen MR) is 112 cm³/mol. The van der Waals surface area contributed by atoms with Crippen molar-refractivity contribution < 1.29 is 36.3 Å². The molecule has 176 valence electrons. The summed E-state index contributed by atoms with van der Waals surface area (Å²) in [6.07, 6.45) is -1.40.